The Kier molecular flexibility index (Phi) is 4.71. The molecule has 2 fully saturated rings. The van der Waals surface area contributed by atoms with Crippen molar-refractivity contribution in [1.82, 2.24) is 10.6 Å². The summed E-state index contributed by atoms with van der Waals surface area (Å²) < 4.78 is 5.77. The molecule has 0 spiro atoms. The second-order valence-corrected chi connectivity index (χ2v) is 9.53. The van der Waals surface area contributed by atoms with Gasteiger partial charge in [-0.15, -0.1) is 0 Å². The van der Waals surface area contributed by atoms with Crippen molar-refractivity contribution >= 4 is 0 Å². The fourth-order valence-electron chi connectivity index (χ4n) is 6.85. The minimum Gasteiger partial charge on any atom is -0.379 e. The van der Waals surface area contributed by atoms with Crippen molar-refractivity contribution in [3.8, 4) is 0 Å². The van der Waals surface area contributed by atoms with Crippen molar-refractivity contribution < 1.29 is 4.74 Å². The van der Waals surface area contributed by atoms with Crippen LogP contribution in [0.3, 0.4) is 0 Å². The molecule has 3 heteroatoms. The van der Waals surface area contributed by atoms with Crippen LogP contribution in [0.2, 0.25) is 0 Å². The van der Waals surface area contributed by atoms with Gasteiger partial charge in [-0.1, -0.05) is 55.0 Å². The summed E-state index contributed by atoms with van der Waals surface area (Å²) in [6.07, 6.45) is 5.29. The normalized spacial score (nSPS) is 35.3. The molecule has 1 heterocycles. The van der Waals surface area contributed by atoms with Gasteiger partial charge in [0.2, 0.25) is 0 Å². The first-order valence-electron chi connectivity index (χ1n) is 11.6. The van der Waals surface area contributed by atoms with E-state index in [1.807, 2.05) is 0 Å². The first-order valence-corrected chi connectivity index (χ1v) is 11.6. The van der Waals surface area contributed by atoms with E-state index < -0.39 is 0 Å². The smallest absolute Gasteiger partial charge is 0.0623 e. The molecule has 4 atom stereocenters. The summed E-state index contributed by atoms with van der Waals surface area (Å²) in [6.45, 7) is 3.90. The molecule has 4 unspecified atom stereocenters. The van der Waals surface area contributed by atoms with E-state index in [1.54, 1.807) is 22.3 Å². The maximum absolute atomic E-state index is 5.77. The highest BCUT2D eigenvalue weighted by atomic mass is 16.5. The second-order valence-electron chi connectivity index (χ2n) is 9.53. The number of hydrogen-bond acceptors (Lipinski definition) is 3. The number of hydrogen-bond donors (Lipinski definition) is 2. The van der Waals surface area contributed by atoms with Gasteiger partial charge >= 0.3 is 0 Å². The Morgan fingerprint density at radius 1 is 0.931 bits per heavy atom. The van der Waals surface area contributed by atoms with Gasteiger partial charge in [-0.05, 0) is 59.9 Å². The highest BCUT2D eigenvalue weighted by Gasteiger charge is 2.43. The topological polar surface area (TPSA) is 33.3 Å². The SMILES string of the molecule is c1ccc2c(c1)C1CC(CNC3CCCC3C3COCCN3)C2c2ccccc21. The van der Waals surface area contributed by atoms with Crippen LogP contribution in [-0.2, 0) is 4.74 Å². The van der Waals surface area contributed by atoms with Crippen LogP contribution in [0.25, 0.3) is 0 Å². The van der Waals surface area contributed by atoms with Gasteiger partial charge in [0.1, 0.15) is 0 Å². The number of morpholine rings is 1. The van der Waals surface area contributed by atoms with Gasteiger partial charge in [-0.3, -0.25) is 0 Å². The van der Waals surface area contributed by atoms with Crippen molar-refractivity contribution in [3.05, 3.63) is 70.8 Å². The molecule has 0 radical (unpaired) electrons. The number of benzene rings is 2. The van der Waals surface area contributed by atoms with Gasteiger partial charge in [0.05, 0.1) is 13.2 Å². The lowest BCUT2D eigenvalue weighted by molar-refractivity contribution is 0.0521. The maximum Gasteiger partial charge on any atom is 0.0623 e. The van der Waals surface area contributed by atoms with Gasteiger partial charge in [-0.25, -0.2) is 0 Å². The summed E-state index contributed by atoms with van der Waals surface area (Å²) in [5.41, 5.74) is 6.32. The Bertz CT molecular complexity index is 827. The third-order valence-corrected chi connectivity index (χ3v) is 8.10. The van der Waals surface area contributed by atoms with E-state index in [9.17, 15) is 0 Å². The average molecular weight is 389 g/mol. The van der Waals surface area contributed by atoms with Gasteiger partial charge in [0.25, 0.3) is 0 Å². The molecule has 2 bridgehead atoms. The molecular formula is C26H32N2O. The quantitative estimate of drug-likeness (QED) is 0.830. The zero-order valence-electron chi connectivity index (χ0n) is 17.1. The van der Waals surface area contributed by atoms with Gasteiger partial charge in [0.15, 0.2) is 0 Å². The van der Waals surface area contributed by atoms with Crippen molar-refractivity contribution in [2.75, 3.05) is 26.3 Å². The molecule has 4 aliphatic carbocycles. The largest absolute Gasteiger partial charge is 0.379 e. The fraction of sp³-hybridized carbons (Fsp3) is 0.538. The van der Waals surface area contributed by atoms with Crippen molar-refractivity contribution in [1.29, 1.82) is 0 Å². The van der Waals surface area contributed by atoms with Crippen LogP contribution in [0.15, 0.2) is 48.5 Å². The van der Waals surface area contributed by atoms with E-state index in [1.165, 1.54) is 25.7 Å². The second kappa shape index (κ2) is 7.54. The van der Waals surface area contributed by atoms with Crippen LogP contribution in [0.4, 0.5) is 0 Å². The van der Waals surface area contributed by atoms with Gasteiger partial charge in [-0.2, -0.15) is 0 Å². The monoisotopic (exact) mass is 388 g/mol. The maximum atomic E-state index is 5.77. The molecule has 7 rings (SSSR count). The molecule has 152 valence electrons. The molecule has 2 aromatic rings. The van der Waals surface area contributed by atoms with E-state index in [2.05, 4.69) is 59.2 Å². The van der Waals surface area contributed by atoms with Gasteiger partial charge in [0, 0.05) is 30.5 Å². The predicted molar refractivity (Wildman–Crippen MR) is 116 cm³/mol. The molecule has 3 nitrogen and oxygen atoms in total. The zero-order chi connectivity index (χ0) is 19.2. The summed E-state index contributed by atoms with van der Waals surface area (Å²) in [5.74, 6) is 2.54. The molecule has 5 aliphatic rings. The van der Waals surface area contributed by atoms with Crippen molar-refractivity contribution in [2.45, 2.75) is 49.6 Å². The lowest BCUT2D eigenvalue weighted by Gasteiger charge is -2.46. The molecule has 29 heavy (non-hydrogen) atoms. The van der Waals surface area contributed by atoms with Crippen LogP contribution < -0.4 is 10.6 Å². The molecule has 2 aromatic carbocycles. The molecule has 1 saturated carbocycles. The Balaban J connectivity index is 1.22. The minimum atomic E-state index is 0.535. The Morgan fingerprint density at radius 2 is 1.66 bits per heavy atom. The van der Waals surface area contributed by atoms with E-state index in [0.717, 1.165) is 32.2 Å². The summed E-state index contributed by atoms with van der Waals surface area (Å²) >= 11 is 0. The third kappa shape index (κ3) is 3.06. The first-order chi connectivity index (χ1) is 14.4. The Labute approximate surface area is 174 Å². The minimum absolute atomic E-state index is 0.535. The van der Waals surface area contributed by atoms with E-state index in [0.29, 0.717) is 29.8 Å². The van der Waals surface area contributed by atoms with Crippen molar-refractivity contribution in [2.24, 2.45) is 11.8 Å². The van der Waals surface area contributed by atoms with E-state index in [4.69, 9.17) is 4.74 Å². The van der Waals surface area contributed by atoms with Crippen LogP contribution in [0.5, 0.6) is 0 Å². The molecule has 0 aromatic heterocycles. The van der Waals surface area contributed by atoms with Crippen molar-refractivity contribution in [3.63, 3.8) is 0 Å². The highest BCUT2D eigenvalue weighted by Crippen LogP contribution is 2.55. The fourth-order valence-corrected chi connectivity index (χ4v) is 6.85. The standard InChI is InChI=1S/C26H32N2O/c1-3-8-20-18(6-1)23-14-17(26(20)21-9-4-2-7-19(21)23)15-28-24-11-5-10-22(24)25-16-29-13-12-27-25/h1-4,6-9,17,22-28H,5,10-16H2. The van der Waals surface area contributed by atoms with Crippen LogP contribution in [0, 0.1) is 11.8 Å². The number of rotatable bonds is 4. The summed E-state index contributed by atoms with van der Waals surface area (Å²) in [5, 5.41) is 7.77. The third-order valence-electron chi connectivity index (χ3n) is 8.10. The molecule has 0 amide bonds. The number of ether oxygens (including phenoxy) is 1. The molecule has 1 saturated heterocycles. The van der Waals surface area contributed by atoms with E-state index in [-0.39, 0.29) is 0 Å². The summed E-state index contributed by atoms with van der Waals surface area (Å²) in [6, 6.07) is 19.6. The molecule has 2 N–H and O–H groups in total. The van der Waals surface area contributed by atoms with Gasteiger partial charge < -0.3 is 15.4 Å². The lowest BCUT2D eigenvalue weighted by atomic mass is 9.59. The summed E-state index contributed by atoms with van der Waals surface area (Å²) in [4.78, 5) is 0. The zero-order valence-corrected chi connectivity index (χ0v) is 17.1. The van der Waals surface area contributed by atoms with Crippen LogP contribution in [-0.4, -0.2) is 38.4 Å². The number of nitrogens with one attached hydrogen (secondary N) is 2. The van der Waals surface area contributed by atoms with E-state index >= 15 is 0 Å². The first kappa shape index (κ1) is 18.1. The Morgan fingerprint density at radius 3 is 2.34 bits per heavy atom. The lowest BCUT2D eigenvalue weighted by Crippen LogP contribution is -2.51. The highest BCUT2D eigenvalue weighted by molar-refractivity contribution is 5.55. The predicted octanol–water partition coefficient (Wildman–Crippen LogP) is 4.03. The Hall–Kier alpha value is -1.68. The van der Waals surface area contributed by atoms with Crippen LogP contribution >= 0.6 is 0 Å². The van der Waals surface area contributed by atoms with Crippen LogP contribution in [0.1, 0.15) is 59.8 Å². The summed E-state index contributed by atoms with van der Waals surface area (Å²) in [7, 11) is 0. The molecular weight excluding hydrogens is 356 g/mol. The average Bonchev–Trinajstić information content (AvgIpc) is 3.27. The molecule has 1 aliphatic heterocycles. The number of fused-ring (bicyclic) bond motifs is 1.